The van der Waals surface area contributed by atoms with Crippen LogP contribution >= 0.6 is 11.6 Å². The summed E-state index contributed by atoms with van der Waals surface area (Å²) in [6.45, 7) is 0. The smallest absolute Gasteiger partial charge is 0.256 e. The van der Waals surface area contributed by atoms with Gasteiger partial charge in [-0.15, -0.1) is 10.2 Å². The van der Waals surface area contributed by atoms with Crippen LogP contribution in [0.4, 0.5) is 17.1 Å². The Bertz CT molecular complexity index is 1680. The Morgan fingerprint density at radius 2 is 1.45 bits per heavy atom. The lowest BCUT2D eigenvalue weighted by molar-refractivity contribution is -0.115. The van der Waals surface area contributed by atoms with Crippen LogP contribution in [0.2, 0.25) is 5.02 Å². The second kappa shape index (κ2) is 12.2. The third kappa shape index (κ3) is 5.82. The number of para-hydroxylation sites is 2. The molecule has 198 valence electrons. The quantitative estimate of drug-likeness (QED) is 0.157. The third-order valence-corrected chi connectivity index (χ3v) is 6.31. The van der Waals surface area contributed by atoms with Gasteiger partial charge in [0.25, 0.3) is 5.91 Å². The minimum absolute atomic E-state index is 0.371. The van der Waals surface area contributed by atoms with Gasteiger partial charge in [-0.1, -0.05) is 96.5 Å². The topological polar surface area (TPSA) is 97.9 Å². The molecule has 5 aromatic rings. The first-order chi connectivity index (χ1) is 19.5. The molecular weight excluding hydrogens is 526 g/mol. The van der Waals surface area contributed by atoms with Gasteiger partial charge in [0.1, 0.15) is 34.9 Å². The summed E-state index contributed by atoms with van der Waals surface area (Å²) >= 11 is 6.32. The Morgan fingerprint density at radius 3 is 2.15 bits per heavy atom. The number of hydrogen-bond donors (Lipinski definition) is 1. The first kappa shape index (κ1) is 26.5. The second-order valence-electron chi connectivity index (χ2n) is 8.66. The van der Waals surface area contributed by atoms with Crippen molar-refractivity contribution in [3.05, 3.63) is 114 Å². The van der Waals surface area contributed by atoms with Gasteiger partial charge in [-0.3, -0.25) is 9.59 Å². The maximum absolute atomic E-state index is 13.6. The van der Waals surface area contributed by atoms with Gasteiger partial charge < -0.3 is 10.1 Å². The molecule has 1 heterocycles. The summed E-state index contributed by atoms with van der Waals surface area (Å²) in [6.07, 6.45) is -0.463. The molecule has 0 bridgehead atoms. The number of hydrogen-bond acceptors (Lipinski definition) is 6. The zero-order chi connectivity index (χ0) is 27.9. The van der Waals surface area contributed by atoms with E-state index in [0.29, 0.717) is 44.8 Å². The predicted octanol–water partition coefficient (Wildman–Crippen LogP) is 7.96. The summed E-state index contributed by atoms with van der Waals surface area (Å²) in [6, 6.07) is 32.7. The fourth-order valence-corrected chi connectivity index (χ4v) is 4.30. The molecular formula is C31H24ClN5O3. The van der Waals surface area contributed by atoms with Crippen molar-refractivity contribution in [2.75, 3.05) is 12.4 Å². The molecule has 0 atom stereocenters. The average molecular weight is 550 g/mol. The molecule has 8 nitrogen and oxygen atoms in total. The Hall–Kier alpha value is -5.08. The Morgan fingerprint density at radius 1 is 0.825 bits per heavy atom. The lowest BCUT2D eigenvalue weighted by atomic mass is 10.1. The van der Waals surface area contributed by atoms with Crippen LogP contribution in [0.3, 0.4) is 0 Å². The van der Waals surface area contributed by atoms with E-state index in [1.165, 1.54) is 11.8 Å². The number of nitrogens with zero attached hydrogens (tertiary/aromatic N) is 4. The highest BCUT2D eigenvalue weighted by molar-refractivity contribution is 6.32. The van der Waals surface area contributed by atoms with E-state index in [1.807, 2.05) is 66.7 Å². The molecule has 0 unspecified atom stereocenters. The summed E-state index contributed by atoms with van der Waals surface area (Å²) in [5.41, 5.74) is 3.57. The minimum atomic E-state index is -0.539. The molecule has 9 heteroatoms. The van der Waals surface area contributed by atoms with Gasteiger partial charge in [0.05, 0.1) is 17.8 Å². The van der Waals surface area contributed by atoms with Gasteiger partial charge in [-0.25, -0.2) is 0 Å². The van der Waals surface area contributed by atoms with E-state index in [2.05, 4.69) is 20.6 Å². The van der Waals surface area contributed by atoms with Crippen molar-refractivity contribution in [1.82, 2.24) is 9.78 Å². The zero-order valence-corrected chi connectivity index (χ0v) is 22.2. The van der Waals surface area contributed by atoms with Crippen LogP contribution in [0, 0.1) is 0 Å². The maximum Gasteiger partial charge on any atom is 0.256 e. The highest BCUT2D eigenvalue weighted by atomic mass is 35.5. The van der Waals surface area contributed by atoms with Crippen molar-refractivity contribution >= 4 is 40.5 Å². The fraction of sp³-hybridized carbons (Fsp3) is 0.0645. The summed E-state index contributed by atoms with van der Waals surface area (Å²) in [5.74, 6) is -0.562. The van der Waals surface area contributed by atoms with E-state index < -0.39 is 18.2 Å². The van der Waals surface area contributed by atoms with E-state index in [-0.39, 0.29) is 0 Å². The number of azo groups is 1. The molecule has 0 aliphatic rings. The molecule has 0 aliphatic heterocycles. The molecule has 1 aromatic heterocycles. The van der Waals surface area contributed by atoms with Crippen LogP contribution in [0.25, 0.3) is 22.5 Å². The molecule has 0 saturated heterocycles. The monoisotopic (exact) mass is 549 g/mol. The fourth-order valence-electron chi connectivity index (χ4n) is 4.12. The number of halogens is 1. The van der Waals surface area contributed by atoms with Gasteiger partial charge in [0.2, 0.25) is 5.91 Å². The molecule has 0 fully saturated rings. The molecule has 40 heavy (non-hydrogen) atoms. The number of aromatic nitrogens is 2. The van der Waals surface area contributed by atoms with E-state index in [9.17, 15) is 9.59 Å². The van der Waals surface area contributed by atoms with Crippen molar-refractivity contribution in [1.29, 1.82) is 0 Å². The number of methoxy groups -OCH3 is 1. The van der Waals surface area contributed by atoms with Crippen LogP contribution in [0.15, 0.2) is 119 Å². The van der Waals surface area contributed by atoms with Gasteiger partial charge in [0.15, 0.2) is 0 Å². The Kier molecular flexibility index (Phi) is 8.08. The first-order valence-electron chi connectivity index (χ1n) is 12.4. The largest absolute Gasteiger partial charge is 0.495 e. The molecule has 5 rings (SSSR count). The number of ether oxygens (including phenoxy) is 1. The van der Waals surface area contributed by atoms with Crippen LogP contribution in [0.1, 0.15) is 11.2 Å². The third-order valence-electron chi connectivity index (χ3n) is 5.99. The normalized spacial score (nSPS) is 10.9. The van der Waals surface area contributed by atoms with E-state index >= 15 is 0 Å². The van der Waals surface area contributed by atoms with Gasteiger partial charge in [0, 0.05) is 11.1 Å². The maximum atomic E-state index is 13.6. The minimum Gasteiger partial charge on any atom is -0.495 e. The summed E-state index contributed by atoms with van der Waals surface area (Å²) in [4.78, 5) is 26.6. The van der Waals surface area contributed by atoms with Crippen molar-refractivity contribution < 1.29 is 14.3 Å². The number of anilines is 1. The van der Waals surface area contributed by atoms with Gasteiger partial charge in [-0.2, -0.15) is 9.78 Å². The predicted molar refractivity (Wildman–Crippen MR) is 156 cm³/mol. The molecule has 4 aromatic carbocycles. The van der Waals surface area contributed by atoms with Crippen LogP contribution < -0.4 is 10.1 Å². The highest BCUT2D eigenvalue weighted by Crippen LogP contribution is 2.40. The lowest BCUT2D eigenvalue weighted by Crippen LogP contribution is -2.22. The summed E-state index contributed by atoms with van der Waals surface area (Å²) in [5, 5.41) is 16.8. The van der Waals surface area contributed by atoms with Crippen molar-refractivity contribution in [3.63, 3.8) is 0 Å². The average Bonchev–Trinajstić information content (AvgIpc) is 3.37. The molecule has 0 saturated carbocycles. The van der Waals surface area contributed by atoms with E-state index in [1.54, 1.807) is 42.5 Å². The standard InChI is InChI=1S/C31H24ClN5O3/c1-40-26-19-11-10-18-25(26)33-27(38)20-28(39)37-31(22-14-6-3-7-15-22)30(29(36-37)21-12-4-2-5-13-21)35-34-24-17-9-8-16-23(24)32/h2-19H,20H2,1H3,(H,33,38). The molecule has 1 N–H and O–H groups in total. The lowest BCUT2D eigenvalue weighted by Gasteiger charge is -2.10. The molecule has 1 amide bonds. The summed E-state index contributed by atoms with van der Waals surface area (Å²) in [7, 11) is 1.51. The SMILES string of the molecule is COc1ccccc1NC(=O)CC(=O)n1nc(-c2ccccc2)c(N=Nc2ccccc2Cl)c1-c1ccccc1. The Balaban J connectivity index is 1.59. The van der Waals surface area contributed by atoms with Crippen molar-refractivity contribution in [3.8, 4) is 28.3 Å². The van der Waals surface area contributed by atoms with Crippen molar-refractivity contribution in [2.45, 2.75) is 6.42 Å². The Labute approximate surface area is 235 Å². The molecule has 0 radical (unpaired) electrons. The number of carbonyl (C=O) groups is 2. The number of benzene rings is 4. The van der Waals surface area contributed by atoms with E-state index in [4.69, 9.17) is 16.3 Å². The van der Waals surface area contributed by atoms with Crippen LogP contribution in [-0.4, -0.2) is 28.7 Å². The number of amides is 1. The molecule has 0 aliphatic carbocycles. The second-order valence-corrected chi connectivity index (χ2v) is 9.07. The van der Waals surface area contributed by atoms with Gasteiger partial charge >= 0.3 is 0 Å². The highest BCUT2D eigenvalue weighted by Gasteiger charge is 2.26. The first-order valence-corrected chi connectivity index (χ1v) is 12.8. The van der Waals surface area contributed by atoms with Gasteiger partial charge in [-0.05, 0) is 24.3 Å². The summed E-state index contributed by atoms with van der Waals surface area (Å²) < 4.78 is 6.53. The van der Waals surface area contributed by atoms with Crippen molar-refractivity contribution in [2.24, 2.45) is 10.2 Å². The van der Waals surface area contributed by atoms with E-state index in [0.717, 1.165) is 5.56 Å². The van der Waals surface area contributed by atoms with Crippen LogP contribution in [0.5, 0.6) is 5.75 Å². The number of nitrogens with one attached hydrogen (secondary N) is 1. The number of rotatable bonds is 8. The molecule has 0 spiro atoms. The van der Waals surface area contributed by atoms with Crippen LogP contribution in [-0.2, 0) is 4.79 Å². The number of carbonyl (C=O) groups excluding carboxylic acids is 2. The zero-order valence-electron chi connectivity index (χ0n) is 21.5.